The van der Waals surface area contributed by atoms with Gasteiger partial charge >= 0.3 is 91.6 Å². The van der Waals surface area contributed by atoms with Gasteiger partial charge in [0.25, 0.3) is 0 Å². The Bertz CT molecular complexity index is 261. The average molecular weight is 170 g/mol. The molecule has 1 aliphatic carbocycles. The molecule has 0 heterocycles. The molecule has 13 heavy (non-hydrogen) atoms. The molecule has 0 amide bonds. The molecule has 0 aliphatic heterocycles. The standard InChI is InChI=1S/C12H19.Li/c1-9(2)10-6-7-11(8-10)12(3,4)5;/h6,9H,7H2,1-5H3;. The van der Waals surface area contributed by atoms with Crippen molar-refractivity contribution in [3.05, 3.63) is 21.5 Å². The first-order valence-corrected chi connectivity index (χ1v) is 5.24. The van der Waals surface area contributed by atoms with Crippen LogP contribution in [0.4, 0.5) is 0 Å². The molecule has 1 rings (SSSR count). The number of hydrogen-bond acceptors (Lipinski definition) is 0. The number of allylic oxidation sites excluding steroid dienone is 4. The van der Waals surface area contributed by atoms with Crippen molar-refractivity contribution < 1.29 is 0 Å². The Kier molecular flexibility index (Phi) is 3.15. The molecule has 0 aromatic rings. The Labute approximate surface area is 91.7 Å². The van der Waals surface area contributed by atoms with Crippen LogP contribution >= 0.6 is 0 Å². The van der Waals surface area contributed by atoms with Gasteiger partial charge < -0.3 is 0 Å². The first-order valence-electron chi connectivity index (χ1n) is 5.24. The van der Waals surface area contributed by atoms with E-state index in [4.69, 9.17) is 0 Å². The van der Waals surface area contributed by atoms with E-state index in [1.807, 2.05) is 0 Å². The van der Waals surface area contributed by atoms with Crippen molar-refractivity contribution in [1.82, 2.24) is 0 Å². The van der Waals surface area contributed by atoms with Crippen molar-refractivity contribution in [3.8, 4) is 0 Å². The molecule has 0 spiro atoms. The van der Waals surface area contributed by atoms with Gasteiger partial charge in [0.05, 0.1) is 0 Å². The van der Waals surface area contributed by atoms with E-state index in [-0.39, 0.29) is 0 Å². The van der Waals surface area contributed by atoms with Crippen molar-refractivity contribution in [3.63, 3.8) is 0 Å². The molecule has 68 valence electrons. The van der Waals surface area contributed by atoms with E-state index < -0.39 is 0 Å². The maximum atomic E-state index is 2.40. The van der Waals surface area contributed by atoms with Gasteiger partial charge in [0.2, 0.25) is 0 Å². The fourth-order valence-electron chi connectivity index (χ4n) is 2.23. The molecule has 0 aromatic heterocycles. The van der Waals surface area contributed by atoms with Crippen LogP contribution in [0.1, 0.15) is 41.0 Å². The molecule has 0 fully saturated rings. The fraction of sp³-hybridized carbons (Fsp3) is 0.667. The molecule has 0 radical (unpaired) electrons. The predicted molar refractivity (Wildman–Crippen MR) is 59.8 cm³/mol. The average Bonchev–Trinajstić information content (AvgIpc) is 2.28. The Balaban J connectivity index is 2.96. The Morgan fingerprint density at radius 1 is 1.31 bits per heavy atom. The van der Waals surface area contributed by atoms with Crippen LogP contribution in [-0.2, 0) is 0 Å². The molecule has 0 bridgehead atoms. The zero-order valence-electron chi connectivity index (χ0n) is 9.86. The van der Waals surface area contributed by atoms with Crippen LogP contribution in [0.5, 0.6) is 0 Å². The molecular formula is C12H19Li. The van der Waals surface area contributed by atoms with Crippen molar-refractivity contribution in [2.75, 3.05) is 0 Å². The molecule has 0 nitrogen and oxygen atoms in total. The van der Waals surface area contributed by atoms with Crippen LogP contribution in [0.3, 0.4) is 0 Å². The van der Waals surface area contributed by atoms with Gasteiger partial charge in [-0.05, 0) is 0 Å². The molecule has 0 N–H and O–H groups in total. The van der Waals surface area contributed by atoms with E-state index in [0.29, 0.717) is 11.3 Å². The third-order valence-electron chi connectivity index (χ3n) is 2.94. The summed E-state index contributed by atoms with van der Waals surface area (Å²) < 4.78 is 1.54. The summed E-state index contributed by atoms with van der Waals surface area (Å²) in [7, 11) is 0. The summed E-state index contributed by atoms with van der Waals surface area (Å²) in [6.45, 7) is 11.5. The first kappa shape index (κ1) is 11.2. The van der Waals surface area contributed by atoms with Crippen LogP contribution in [0.2, 0.25) is 0 Å². The third-order valence-corrected chi connectivity index (χ3v) is 2.94. The van der Waals surface area contributed by atoms with Gasteiger partial charge in [0, 0.05) is 0 Å². The van der Waals surface area contributed by atoms with Crippen molar-refractivity contribution in [1.29, 1.82) is 0 Å². The van der Waals surface area contributed by atoms with Crippen molar-refractivity contribution in [2.24, 2.45) is 11.3 Å². The zero-order valence-corrected chi connectivity index (χ0v) is 9.86. The van der Waals surface area contributed by atoms with Gasteiger partial charge in [0.1, 0.15) is 0 Å². The second-order valence-electron chi connectivity index (χ2n) is 5.37. The molecule has 0 atom stereocenters. The first-order chi connectivity index (χ1) is 5.84. The molecule has 0 saturated heterocycles. The van der Waals surface area contributed by atoms with E-state index in [0.717, 1.165) is 0 Å². The van der Waals surface area contributed by atoms with E-state index in [1.54, 1.807) is 15.4 Å². The van der Waals surface area contributed by atoms with Crippen LogP contribution in [0.15, 0.2) is 21.5 Å². The van der Waals surface area contributed by atoms with Crippen LogP contribution in [0, 0.1) is 11.3 Å². The van der Waals surface area contributed by atoms with E-state index in [9.17, 15) is 0 Å². The monoisotopic (exact) mass is 170 g/mol. The van der Waals surface area contributed by atoms with Gasteiger partial charge in [-0.3, -0.25) is 0 Å². The summed E-state index contributed by atoms with van der Waals surface area (Å²) in [6, 6.07) is 0. The molecule has 0 saturated carbocycles. The molecule has 0 unspecified atom stereocenters. The van der Waals surface area contributed by atoms with Gasteiger partial charge in [-0.15, -0.1) is 0 Å². The van der Waals surface area contributed by atoms with E-state index in [2.05, 4.69) is 58.4 Å². The summed E-state index contributed by atoms with van der Waals surface area (Å²) >= 11 is 2.28. The summed E-state index contributed by atoms with van der Waals surface area (Å²) in [6.07, 6.45) is 3.57. The van der Waals surface area contributed by atoms with Gasteiger partial charge in [-0.25, -0.2) is 0 Å². The fourth-order valence-corrected chi connectivity index (χ4v) is 2.23. The van der Waals surface area contributed by atoms with Crippen LogP contribution in [0.25, 0.3) is 0 Å². The van der Waals surface area contributed by atoms with Gasteiger partial charge in [-0.2, -0.15) is 0 Å². The molecule has 1 heteroatoms. The Morgan fingerprint density at radius 3 is 2.08 bits per heavy atom. The minimum atomic E-state index is 0.344. The summed E-state index contributed by atoms with van der Waals surface area (Å²) in [5, 5.41) is 0. The topological polar surface area (TPSA) is 0 Å². The van der Waals surface area contributed by atoms with E-state index in [1.165, 1.54) is 6.42 Å². The SMILES string of the molecule is [Li][C]1=C(C(C)(C)C)CC=C1C(C)C. The van der Waals surface area contributed by atoms with Crippen molar-refractivity contribution >= 4 is 17.7 Å². The quantitative estimate of drug-likeness (QED) is 0.529. The minimum absolute atomic E-state index is 0.344. The van der Waals surface area contributed by atoms with Crippen molar-refractivity contribution in [2.45, 2.75) is 41.0 Å². The van der Waals surface area contributed by atoms with Gasteiger partial charge in [-0.1, -0.05) is 0 Å². The summed E-state index contributed by atoms with van der Waals surface area (Å²) in [5.41, 5.74) is 3.53. The Morgan fingerprint density at radius 2 is 1.85 bits per heavy atom. The molecule has 0 aromatic carbocycles. The second kappa shape index (κ2) is 3.68. The number of hydrogen-bond donors (Lipinski definition) is 0. The Hall–Kier alpha value is 0.0774. The van der Waals surface area contributed by atoms with Crippen LogP contribution < -0.4 is 0 Å². The summed E-state index contributed by atoms with van der Waals surface area (Å²) in [5.74, 6) is 0.680. The van der Waals surface area contributed by atoms with E-state index >= 15 is 0 Å². The zero-order chi connectivity index (χ0) is 10.2. The normalized spacial score (nSPS) is 18.6. The predicted octanol–water partition coefficient (Wildman–Crippen LogP) is 3.44. The van der Waals surface area contributed by atoms with Crippen LogP contribution in [-0.4, -0.2) is 17.7 Å². The maximum absolute atomic E-state index is 2.40. The number of rotatable bonds is 1. The molecule has 1 aliphatic rings. The van der Waals surface area contributed by atoms with Gasteiger partial charge in [0.15, 0.2) is 0 Å². The summed E-state index contributed by atoms with van der Waals surface area (Å²) in [4.78, 5) is 0. The second-order valence-corrected chi connectivity index (χ2v) is 5.37. The molecular weight excluding hydrogens is 151 g/mol. The third kappa shape index (κ3) is 2.30.